The summed E-state index contributed by atoms with van der Waals surface area (Å²) < 4.78 is 34.2. The summed E-state index contributed by atoms with van der Waals surface area (Å²) in [6.07, 6.45) is 1.27. The molecule has 194 valence electrons. The highest BCUT2D eigenvalue weighted by Gasteiger charge is 2.44. The molecular formula is C22H32ClN5O6S. The van der Waals surface area contributed by atoms with Crippen molar-refractivity contribution in [2.75, 3.05) is 38.1 Å². The van der Waals surface area contributed by atoms with E-state index in [0.717, 1.165) is 0 Å². The van der Waals surface area contributed by atoms with Gasteiger partial charge in [-0.2, -0.15) is 4.72 Å². The molecule has 2 fully saturated rings. The van der Waals surface area contributed by atoms with Crippen molar-refractivity contribution in [3.63, 3.8) is 0 Å². The lowest BCUT2D eigenvalue weighted by molar-refractivity contribution is -0.129. The molecule has 1 aromatic carbocycles. The van der Waals surface area contributed by atoms with Gasteiger partial charge in [-0.15, -0.1) is 0 Å². The number of carbonyl (C=O) groups is 3. The number of benzene rings is 1. The van der Waals surface area contributed by atoms with E-state index in [4.69, 9.17) is 16.3 Å². The molecule has 0 saturated carbocycles. The van der Waals surface area contributed by atoms with Crippen LogP contribution in [0.5, 0.6) is 0 Å². The van der Waals surface area contributed by atoms with Gasteiger partial charge in [0, 0.05) is 26.1 Å². The van der Waals surface area contributed by atoms with E-state index in [1.54, 1.807) is 11.8 Å². The summed E-state index contributed by atoms with van der Waals surface area (Å²) in [6.45, 7) is 5.21. The Kier molecular flexibility index (Phi) is 8.97. The number of anilines is 1. The quantitative estimate of drug-likeness (QED) is 0.418. The number of sulfonamides is 1. The van der Waals surface area contributed by atoms with Crippen LogP contribution < -0.4 is 20.7 Å². The van der Waals surface area contributed by atoms with Crippen molar-refractivity contribution >= 4 is 45.2 Å². The number of nitrogens with one attached hydrogen (secondary N) is 4. The summed E-state index contributed by atoms with van der Waals surface area (Å²) in [6, 6.07) is 3.80. The van der Waals surface area contributed by atoms with Gasteiger partial charge in [-0.1, -0.05) is 11.6 Å². The van der Waals surface area contributed by atoms with Crippen LogP contribution in [0.25, 0.3) is 0 Å². The van der Waals surface area contributed by atoms with Crippen LogP contribution in [0.2, 0.25) is 5.02 Å². The molecule has 2 saturated heterocycles. The zero-order chi connectivity index (χ0) is 25.6. The van der Waals surface area contributed by atoms with E-state index in [-0.39, 0.29) is 40.8 Å². The van der Waals surface area contributed by atoms with Crippen molar-refractivity contribution in [1.82, 2.24) is 20.3 Å². The Balaban J connectivity index is 1.72. The summed E-state index contributed by atoms with van der Waals surface area (Å²) in [5.74, 6) is -0.725. The SMILES string of the molecule is CCOC(=O)N1CCC(NC(=O)C2(NS(=O)(=O)c3ccc(NC(C)=O)c(Cl)c3)CCNCC2)CC1. The molecule has 2 aliphatic heterocycles. The van der Waals surface area contributed by atoms with Gasteiger partial charge in [0.1, 0.15) is 5.54 Å². The first-order valence-electron chi connectivity index (χ1n) is 11.6. The number of rotatable bonds is 7. The standard InChI is InChI=1S/C22H32ClN5O6S/c1-3-34-21(31)28-12-6-16(7-13-28)26-20(30)22(8-10-24-11-9-22)27-35(32,33)17-4-5-19(18(23)14-17)25-15(2)29/h4-5,14,16,24,27H,3,6-13H2,1-2H3,(H,25,29)(H,26,30). The molecule has 0 aliphatic carbocycles. The fourth-order valence-electron chi connectivity index (χ4n) is 4.24. The minimum absolute atomic E-state index is 0.0697. The average Bonchev–Trinajstić information content (AvgIpc) is 2.81. The second kappa shape index (κ2) is 11.5. The molecule has 2 aliphatic rings. The van der Waals surface area contributed by atoms with Gasteiger partial charge in [0.25, 0.3) is 0 Å². The maximum Gasteiger partial charge on any atom is 0.409 e. The number of hydrogen-bond donors (Lipinski definition) is 4. The Morgan fingerprint density at radius 1 is 1.20 bits per heavy atom. The Labute approximate surface area is 210 Å². The molecule has 13 heteroatoms. The first-order chi connectivity index (χ1) is 16.6. The molecule has 0 radical (unpaired) electrons. The maximum atomic E-state index is 13.4. The van der Waals surface area contributed by atoms with Crippen molar-refractivity contribution < 1.29 is 27.5 Å². The van der Waals surface area contributed by atoms with Gasteiger partial charge >= 0.3 is 6.09 Å². The second-order valence-corrected chi connectivity index (χ2v) is 10.8. The molecule has 0 atom stereocenters. The largest absolute Gasteiger partial charge is 0.450 e. The monoisotopic (exact) mass is 529 g/mol. The fourth-order valence-corrected chi connectivity index (χ4v) is 5.99. The maximum absolute atomic E-state index is 13.4. The third-order valence-corrected chi connectivity index (χ3v) is 7.99. The minimum Gasteiger partial charge on any atom is -0.450 e. The van der Waals surface area contributed by atoms with E-state index in [9.17, 15) is 22.8 Å². The summed E-state index contributed by atoms with van der Waals surface area (Å²) in [7, 11) is -4.10. The van der Waals surface area contributed by atoms with Gasteiger partial charge in [0.05, 0.1) is 22.2 Å². The highest BCUT2D eigenvalue weighted by atomic mass is 35.5. The van der Waals surface area contributed by atoms with Crippen molar-refractivity contribution in [1.29, 1.82) is 0 Å². The lowest BCUT2D eigenvalue weighted by Crippen LogP contribution is -2.64. The molecule has 0 spiro atoms. The number of nitrogens with zero attached hydrogens (tertiary/aromatic N) is 1. The molecule has 0 bridgehead atoms. The molecule has 3 amide bonds. The van der Waals surface area contributed by atoms with E-state index >= 15 is 0 Å². The predicted octanol–water partition coefficient (Wildman–Crippen LogP) is 1.44. The normalized spacial score (nSPS) is 18.5. The highest BCUT2D eigenvalue weighted by molar-refractivity contribution is 7.89. The van der Waals surface area contributed by atoms with Crippen LogP contribution in [0.3, 0.4) is 0 Å². The van der Waals surface area contributed by atoms with Crippen LogP contribution in [0.1, 0.15) is 39.5 Å². The van der Waals surface area contributed by atoms with Gasteiger partial charge < -0.3 is 25.6 Å². The number of halogens is 1. The summed E-state index contributed by atoms with van der Waals surface area (Å²) >= 11 is 6.17. The zero-order valence-electron chi connectivity index (χ0n) is 19.9. The molecular weight excluding hydrogens is 498 g/mol. The van der Waals surface area contributed by atoms with Gasteiger partial charge in [-0.25, -0.2) is 13.2 Å². The van der Waals surface area contributed by atoms with Gasteiger partial charge in [-0.05, 0) is 63.9 Å². The van der Waals surface area contributed by atoms with Crippen LogP contribution >= 0.6 is 11.6 Å². The van der Waals surface area contributed by atoms with Crippen molar-refractivity contribution in [3.8, 4) is 0 Å². The van der Waals surface area contributed by atoms with Crippen LogP contribution in [0, 0.1) is 0 Å². The number of likely N-dealkylation sites (tertiary alicyclic amines) is 1. The van der Waals surface area contributed by atoms with E-state index in [1.165, 1.54) is 25.1 Å². The highest BCUT2D eigenvalue weighted by Crippen LogP contribution is 2.28. The van der Waals surface area contributed by atoms with Gasteiger partial charge in [0.15, 0.2) is 0 Å². The number of ether oxygens (including phenoxy) is 1. The van der Waals surface area contributed by atoms with Crippen molar-refractivity contribution in [2.45, 2.75) is 56.0 Å². The van der Waals surface area contributed by atoms with Gasteiger partial charge in [-0.3, -0.25) is 9.59 Å². The molecule has 0 unspecified atom stereocenters. The van der Waals surface area contributed by atoms with E-state index in [1.807, 2.05) is 0 Å². The Morgan fingerprint density at radius 2 is 1.86 bits per heavy atom. The minimum atomic E-state index is -4.10. The second-order valence-electron chi connectivity index (χ2n) is 8.69. The lowest BCUT2D eigenvalue weighted by atomic mass is 9.88. The Hall–Kier alpha value is -2.41. The van der Waals surface area contributed by atoms with Crippen LogP contribution in [0.4, 0.5) is 10.5 Å². The lowest BCUT2D eigenvalue weighted by Gasteiger charge is -2.39. The molecule has 4 N–H and O–H groups in total. The van der Waals surface area contributed by atoms with Crippen LogP contribution in [-0.4, -0.2) is 75.6 Å². The summed E-state index contributed by atoms with van der Waals surface area (Å²) in [5, 5.41) is 8.75. The molecule has 2 heterocycles. The average molecular weight is 530 g/mol. The third kappa shape index (κ3) is 6.84. The fraction of sp³-hybridized carbons (Fsp3) is 0.591. The zero-order valence-corrected chi connectivity index (χ0v) is 21.4. The molecule has 11 nitrogen and oxygen atoms in total. The predicted molar refractivity (Wildman–Crippen MR) is 131 cm³/mol. The number of piperidine rings is 2. The Morgan fingerprint density at radius 3 is 2.43 bits per heavy atom. The molecule has 35 heavy (non-hydrogen) atoms. The molecule has 0 aromatic heterocycles. The third-order valence-electron chi connectivity index (χ3n) is 6.14. The van der Waals surface area contributed by atoms with E-state index in [0.29, 0.717) is 51.3 Å². The smallest absolute Gasteiger partial charge is 0.409 e. The van der Waals surface area contributed by atoms with E-state index in [2.05, 4.69) is 20.7 Å². The van der Waals surface area contributed by atoms with Crippen LogP contribution in [-0.2, 0) is 24.3 Å². The van der Waals surface area contributed by atoms with Crippen molar-refractivity contribution in [3.05, 3.63) is 23.2 Å². The van der Waals surface area contributed by atoms with Crippen molar-refractivity contribution in [2.24, 2.45) is 0 Å². The topological polar surface area (TPSA) is 146 Å². The number of amides is 3. The molecule has 3 rings (SSSR count). The van der Waals surface area contributed by atoms with Crippen LogP contribution in [0.15, 0.2) is 23.1 Å². The van der Waals surface area contributed by atoms with E-state index < -0.39 is 21.5 Å². The molecule has 1 aromatic rings. The van der Waals surface area contributed by atoms with Gasteiger partial charge in [0.2, 0.25) is 21.8 Å². The number of carbonyl (C=O) groups excluding carboxylic acids is 3. The Bertz CT molecular complexity index is 1050. The summed E-state index contributed by atoms with van der Waals surface area (Å²) in [4.78, 5) is 38.1. The first kappa shape index (κ1) is 27.2. The first-order valence-corrected chi connectivity index (χ1v) is 13.5. The summed E-state index contributed by atoms with van der Waals surface area (Å²) in [5.41, 5.74) is -1.04. The number of hydrogen-bond acceptors (Lipinski definition) is 7.